The van der Waals surface area contributed by atoms with Crippen molar-refractivity contribution < 1.29 is 14.3 Å². The van der Waals surface area contributed by atoms with Crippen LogP contribution in [0.25, 0.3) is 0 Å². The number of nitrogens with zero attached hydrogens (tertiary/aromatic N) is 1. The average Bonchev–Trinajstić information content (AvgIpc) is 2.72. The fraction of sp³-hybridized carbons (Fsp3) is 0.217. The highest BCUT2D eigenvalue weighted by Crippen LogP contribution is 2.31. The van der Waals surface area contributed by atoms with E-state index < -0.39 is 0 Å². The highest BCUT2D eigenvalue weighted by Gasteiger charge is 2.10. The minimum Gasteiger partial charge on any atom is -0.489 e. The smallest absolute Gasteiger partial charge is 0.255 e. The summed E-state index contributed by atoms with van der Waals surface area (Å²) in [5.74, 6) is 2.38. The van der Waals surface area contributed by atoms with Gasteiger partial charge in [-0.25, -0.2) is 4.98 Å². The molecule has 1 aromatic heterocycles. The summed E-state index contributed by atoms with van der Waals surface area (Å²) < 4.78 is 11.9. The van der Waals surface area contributed by atoms with Gasteiger partial charge in [-0.3, -0.25) is 4.79 Å². The lowest BCUT2D eigenvalue weighted by Crippen LogP contribution is -2.24. The second-order valence-corrected chi connectivity index (χ2v) is 7.02. The first-order chi connectivity index (χ1) is 14.0. The van der Waals surface area contributed by atoms with Crippen molar-refractivity contribution in [2.75, 3.05) is 12.3 Å². The number of anilines is 1. The van der Waals surface area contributed by atoms with Gasteiger partial charge in [0, 0.05) is 12.7 Å². The van der Waals surface area contributed by atoms with E-state index in [1.165, 1.54) is 0 Å². The molecule has 0 bridgehead atoms. The van der Waals surface area contributed by atoms with E-state index >= 15 is 0 Å². The number of rotatable bonds is 8. The number of para-hydroxylation sites is 2. The first kappa shape index (κ1) is 20.2. The number of benzene rings is 2. The molecule has 0 saturated heterocycles. The number of carbonyl (C=O) groups excluding carboxylic acids is 1. The van der Waals surface area contributed by atoms with Crippen molar-refractivity contribution in [3.8, 4) is 17.2 Å². The molecule has 2 aromatic carbocycles. The van der Waals surface area contributed by atoms with E-state index in [0.717, 1.165) is 5.56 Å². The van der Waals surface area contributed by atoms with Gasteiger partial charge in [0.05, 0.1) is 12.2 Å². The minimum absolute atomic E-state index is 0.208. The van der Waals surface area contributed by atoms with Gasteiger partial charge in [-0.05, 0) is 47.9 Å². The summed E-state index contributed by atoms with van der Waals surface area (Å²) in [6.45, 7) is 5.15. The Morgan fingerprint density at radius 2 is 1.86 bits per heavy atom. The van der Waals surface area contributed by atoms with Gasteiger partial charge < -0.3 is 20.5 Å². The first-order valence-electron chi connectivity index (χ1n) is 9.50. The zero-order valence-electron chi connectivity index (χ0n) is 16.6. The molecule has 0 radical (unpaired) electrons. The predicted molar refractivity (Wildman–Crippen MR) is 113 cm³/mol. The normalized spacial score (nSPS) is 10.6. The Bertz CT molecular complexity index is 973. The Balaban J connectivity index is 1.66. The fourth-order valence-corrected chi connectivity index (χ4v) is 2.64. The van der Waals surface area contributed by atoms with Gasteiger partial charge in [-0.2, -0.15) is 0 Å². The molecule has 0 aliphatic rings. The van der Waals surface area contributed by atoms with Crippen LogP contribution in [0.2, 0.25) is 0 Å². The highest BCUT2D eigenvalue weighted by molar-refractivity contribution is 5.98. The van der Waals surface area contributed by atoms with Gasteiger partial charge >= 0.3 is 0 Å². The molecule has 29 heavy (non-hydrogen) atoms. The molecule has 3 aromatic rings. The largest absolute Gasteiger partial charge is 0.489 e. The second-order valence-electron chi connectivity index (χ2n) is 7.02. The number of nitrogens with one attached hydrogen (secondary N) is 1. The maximum Gasteiger partial charge on any atom is 0.255 e. The summed E-state index contributed by atoms with van der Waals surface area (Å²) in [7, 11) is 0. The lowest BCUT2D eigenvalue weighted by atomic mass is 10.2. The van der Waals surface area contributed by atoms with Crippen molar-refractivity contribution in [2.24, 2.45) is 5.92 Å². The summed E-state index contributed by atoms with van der Waals surface area (Å²) in [6, 6.07) is 18.4. The molecule has 0 aliphatic heterocycles. The van der Waals surface area contributed by atoms with Crippen LogP contribution in [0.15, 0.2) is 66.9 Å². The van der Waals surface area contributed by atoms with Crippen molar-refractivity contribution in [3.63, 3.8) is 0 Å². The second kappa shape index (κ2) is 9.59. The summed E-state index contributed by atoms with van der Waals surface area (Å²) in [5.41, 5.74) is 7.01. The number of hydrogen-bond acceptors (Lipinski definition) is 5. The number of pyridine rings is 1. The Kier molecular flexibility index (Phi) is 6.68. The van der Waals surface area contributed by atoms with E-state index in [0.29, 0.717) is 41.9 Å². The fourth-order valence-electron chi connectivity index (χ4n) is 2.64. The third-order valence-electron chi connectivity index (χ3n) is 4.08. The van der Waals surface area contributed by atoms with Crippen LogP contribution in [0.5, 0.6) is 17.2 Å². The van der Waals surface area contributed by atoms with E-state index in [1.54, 1.807) is 18.3 Å². The molecule has 150 valence electrons. The van der Waals surface area contributed by atoms with Crippen LogP contribution in [0.1, 0.15) is 29.8 Å². The van der Waals surface area contributed by atoms with Crippen LogP contribution >= 0.6 is 0 Å². The topological polar surface area (TPSA) is 86.5 Å². The zero-order chi connectivity index (χ0) is 20.6. The van der Waals surface area contributed by atoms with Crippen LogP contribution < -0.4 is 20.5 Å². The summed E-state index contributed by atoms with van der Waals surface area (Å²) >= 11 is 0. The lowest BCUT2D eigenvalue weighted by molar-refractivity contribution is 0.0951. The van der Waals surface area contributed by atoms with Gasteiger partial charge in [0.25, 0.3) is 5.91 Å². The molecule has 3 rings (SSSR count). The molecule has 6 heteroatoms. The molecule has 6 nitrogen and oxygen atoms in total. The Morgan fingerprint density at radius 3 is 2.62 bits per heavy atom. The number of nitrogens with two attached hydrogens (primary N) is 1. The number of ether oxygens (including phenoxy) is 2. The molecule has 0 spiro atoms. The van der Waals surface area contributed by atoms with E-state index in [9.17, 15) is 4.79 Å². The van der Waals surface area contributed by atoms with Gasteiger partial charge in [0.15, 0.2) is 11.5 Å². The molecule has 1 amide bonds. The Morgan fingerprint density at radius 1 is 1.07 bits per heavy atom. The monoisotopic (exact) mass is 391 g/mol. The minimum atomic E-state index is -0.269. The van der Waals surface area contributed by atoms with Crippen LogP contribution in [0.3, 0.4) is 0 Å². The van der Waals surface area contributed by atoms with Crippen LogP contribution in [-0.2, 0) is 6.54 Å². The third kappa shape index (κ3) is 5.72. The number of aromatic nitrogens is 1. The lowest BCUT2D eigenvalue weighted by Gasteiger charge is -2.14. The average molecular weight is 391 g/mol. The summed E-state index contributed by atoms with van der Waals surface area (Å²) in [6.07, 6.45) is 1.55. The van der Waals surface area contributed by atoms with E-state index in [4.69, 9.17) is 15.2 Å². The Hall–Kier alpha value is -3.54. The molecular weight excluding hydrogens is 366 g/mol. The zero-order valence-corrected chi connectivity index (χ0v) is 16.6. The van der Waals surface area contributed by atoms with Crippen molar-refractivity contribution in [1.29, 1.82) is 0 Å². The Labute approximate surface area is 170 Å². The van der Waals surface area contributed by atoms with Gasteiger partial charge in [0.1, 0.15) is 11.6 Å². The predicted octanol–water partition coefficient (Wildman–Crippen LogP) is 4.42. The van der Waals surface area contributed by atoms with Gasteiger partial charge in [-0.1, -0.05) is 38.1 Å². The number of carbonyl (C=O) groups is 1. The molecule has 3 N–H and O–H groups in total. The van der Waals surface area contributed by atoms with Crippen LogP contribution in [-0.4, -0.2) is 17.5 Å². The number of hydrogen-bond donors (Lipinski definition) is 2. The first-order valence-corrected chi connectivity index (χ1v) is 9.50. The summed E-state index contributed by atoms with van der Waals surface area (Å²) in [4.78, 5) is 16.2. The molecule has 0 unspecified atom stereocenters. The molecule has 1 heterocycles. The molecule has 0 aliphatic carbocycles. The summed E-state index contributed by atoms with van der Waals surface area (Å²) in [5, 5.41) is 2.85. The number of nitrogen functional groups attached to an aromatic ring is 1. The van der Waals surface area contributed by atoms with E-state index in [2.05, 4.69) is 24.1 Å². The molecule has 0 atom stereocenters. The highest BCUT2D eigenvalue weighted by atomic mass is 16.5. The maximum atomic E-state index is 12.3. The molecule has 0 saturated carbocycles. The van der Waals surface area contributed by atoms with Crippen molar-refractivity contribution >= 4 is 11.7 Å². The molecule has 0 fully saturated rings. The maximum absolute atomic E-state index is 12.3. The third-order valence-corrected chi connectivity index (χ3v) is 4.08. The van der Waals surface area contributed by atoms with Crippen LogP contribution in [0.4, 0.5) is 5.82 Å². The van der Waals surface area contributed by atoms with Gasteiger partial charge in [0.2, 0.25) is 0 Å². The van der Waals surface area contributed by atoms with E-state index in [-0.39, 0.29) is 11.7 Å². The molecular formula is C23H25N3O3. The van der Waals surface area contributed by atoms with Crippen LogP contribution in [0, 0.1) is 5.92 Å². The quantitative estimate of drug-likeness (QED) is 0.594. The SMILES string of the molecule is CC(C)COc1ccccc1Oc1cccc(CNC(=O)c2cccnc2N)c1. The number of amides is 1. The standard InChI is InChI=1S/C23H25N3O3/c1-16(2)15-28-20-10-3-4-11-21(20)29-18-8-5-7-17(13-18)14-26-23(27)19-9-6-12-25-22(19)24/h3-13,16H,14-15H2,1-2H3,(H2,24,25)(H,26,27). The van der Waals surface area contributed by atoms with Crippen molar-refractivity contribution in [2.45, 2.75) is 20.4 Å². The van der Waals surface area contributed by atoms with Crippen molar-refractivity contribution in [1.82, 2.24) is 10.3 Å². The van der Waals surface area contributed by atoms with Gasteiger partial charge in [-0.15, -0.1) is 0 Å². The van der Waals surface area contributed by atoms with E-state index in [1.807, 2.05) is 48.5 Å². The van der Waals surface area contributed by atoms with Crippen molar-refractivity contribution in [3.05, 3.63) is 78.0 Å².